The second-order valence-electron chi connectivity index (χ2n) is 9.54. The summed E-state index contributed by atoms with van der Waals surface area (Å²) >= 11 is 12.4. The summed E-state index contributed by atoms with van der Waals surface area (Å²) in [6.45, 7) is -0.0352. The fourth-order valence-corrected chi connectivity index (χ4v) is 4.89. The van der Waals surface area contributed by atoms with Gasteiger partial charge in [0.15, 0.2) is 11.5 Å². The van der Waals surface area contributed by atoms with Crippen molar-refractivity contribution >= 4 is 41.0 Å². The first-order chi connectivity index (χ1) is 20.9. The molecule has 1 heterocycles. The Kier molecular flexibility index (Phi) is 9.29. The Morgan fingerprint density at radius 3 is 2.26 bits per heavy atom. The first-order valence-corrected chi connectivity index (χ1v) is 14.1. The van der Waals surface area contributed by atoms with E-state index < -0.39 is 5.91 Å². The van der Waals surface area contributed by atoms with Crippen molar-refractivity contribution in [3.8, 4) is 28.4 Å². The summed E-state index contributed by atoms with van der Waals surface area (Å²) in [5.74, 6) is 0.524. The van der Waals surface area contributed by atoms with Crippen LogP contribution in [0.2, 0.25) is 10.0 Å². The van der Waals surface area contributed by atoms with Crippen LogP contribution in [0.3, 0.4) is 0 Å². The van der Waals surface area contributed by atoms with Gasteiger partial charge in [-0.2, -0.15) is 0 Å². The molecular formula is C33H28Cl2N4O4. The second kappa shape index (κ2) is 13.5. The number of aromatic nitrogens is 2. The van der Waals surface area contributed by atoms with Gasteiger partial charge in [-0.3, -0.25) is 19.5 Å². The number of nitrogens with one attached hydrogen (secondary N) is 1. The van der Waals surface area contributed by atoms with Crippen molar-refractivity contribution in [2.24, 2.45) is 0 Å². The molecule has 0 bridgehead atoms. The molecule has 5 rings (SSSR count). The number of amides is 2. The van der Waals surface area contributed by atoms with Gasteiger partial charge in [0.25, 0.3) is 5.91 Å². The first kappa shape index (κ1) is 29.7. The fraction of sp³-hybridized carbons (Fsp3) is 0.121. The molecule has 0 aliphatic heterocycles. The molecule has 10 heteroatoms. The van der Waals surface area contributed by atoms with Crippen LogP contribution in [0.4, 0.5) is 5.95 Å². The van der Waals surface area contributed by atoms with Crippen molar-refractivity contribution in [2.45, 2.75) is 6.54 Å². The number of hydrogen-bond donors (Lipinski definition) is 1. The molecule has 0 radical (unpaired) electrons. The summed E-state index contributed by atoms with van der Waals surface area (Å²) in [6.07, 6.45) is 1.80. The first-order valence-electron chi connectivity index (χ1n) is 13.3. The monoisotopic (exact) mass is 614 g/mol. The van der Waals surface area contributed by atoms with Crippen LogP contribution in [-0.4, -0.2) is 47.0 Å². The highest BCUT2D eigenvalue weighted by Gasteiger charge is 2.23. The summed E-state index contributed by atoms with van der Waals surface area (Å²) in [6, 6.07) is 28.8. The number of carbonyl (C=O) groups is 2. The summed E-state index contributed by atoms with van der Waals surface area (Å²) in [7, 11) is 3.11. The standard InChI is InChI=1S/C33H28Cl2N4O4/c1-42-29-17-16-25(18-30(29)43-2)39-20-28(23-12-14-24(34)15-13-23)36-33(39)37-31(40)21-38(19-22-8-4-3-5-9-22)32(41)26-10-6-7-11-27(26)35/h3-18,20H,19,21H2,1-2H3,(H,36,37,40). The molecule has 2 amide bonds. The minimum absolute atomic E-state index is 0.207. The Hall–Kier alpha value is -4.79. The number of hydrogen-bond acceptors (Lipinski definition) is 5. The van der Waals surface area contributed by atoms with E-state index in [1.807, 2.05) is 48.5 Å². The van der Waals surface area contributed by atoms with Crippen molar-refractivity contribution in [1.29, 1.82) is 0 Å². The molecule has 4 aromatic carbocycles. The maximum atomic E-state index is 13.6. The van der Waals surface area contributed by atoms with Crippen LogP contribution < -0.4 is 14.8 Å². The average Bonchev–Trinajstić information content (AvgIpc) is 3.44. The third-order valence-corrected chi connectivity index (χ3v) is 7.27. The third-order valence-electron chi connectivity index (χ3n) is 6.68. The van der Waals surface area contributed by atoms with E-state index in [-0.39, 0.29) is 24.9 Å². The van der Waals surface area contributed by atoms with Gasteiger partial charge in [-0.1, -0.05) is 77.8 Å². The van der Waals surface area contributed by atoms with Gasteiger partial charge in [0.1, 0.15) is 6.54 Å². The van der Waals surface area contributed by atoms with Crippen LogP contribution in [0.5, 0.6) is 11.5 Å². The number of rotatable bonds is 10. The van der Waals surface area contributed by atoms with Crippen LogP contribution in [0.1, 0.15) is 15.9 Å². The van der Waals surface area contributed by atoms with Crippen molar-refractivity contribution in [3.05, 3.63) is 124 Å². The summed E-state index contributed by atoms with van der Waals surface area (Å²) in [5.41, 5.74) is 3.26. The molecule has 0 unspecified atom stereocenters. The molecule has 1 N–H and O–H groups in total. The van der Waals surface area contributed by atoms with Gasteiger partial charge < -0.3 is 14.4 Å². The number of anilines is 1. The van der Waals surface area contributed by atoms with E-state index in [0.717, 1.165) is 11.1 Å². The van der Waals surface area contributed by atoms with Crippen LogP contribution in [0.15, 0.2) is 103 Å². The highest BCUT2D eigenvalue weighted by molar-refractivity contribution is 6.33. The fourth-order valence-electron chi connectivity index (χ4n) is 4.55. The number of methoxy groups -OCH3 is 2. The normalized spacial score (nSPS) is 10.7. The highest BCUT2D eigenvalue weighted by Crippen LogP contribution is 2.32. The lowest BCUT2D eigenvalue weighted by Crippen LogP contribution is -2.38. The van der Waals surface area contributed by atoms with Crippen LogP contribution >= 0.6 is 23.2 Å². The van der Waals surface area contributed by atoms with E-state index >= 15 is 0 Å². The Morgan fingerprint density at radius 2 is 1.56 bits per heavy atom. The van der Waals surface area contributed by atoms with E-state index in [0.29, 0.717) is 38.5 Å². The number of imidazole rings is 1. The zero-order chi connectivity index (χ0) is 30.3. The molecular weight excluding hydrogens is 587 g/mol. The molecule has 8 nitrogen and oxygen atoms in total. The van der Waals surface area contributed by atoms with E-state index in [1.165, 1.54) is 4.90 Å². The van der Waals surface area contributed by atoms with Gasteiger partial charge in [-0.05, 0) is 42.0 Å². The van der Waals surface area contributed by atoms with E-state index in [1.54, 1.807) is 73.5 Å². The number of carbonyl (C=O) groups excluding carboxylic acids is 2. The van der Waals surface area contributed by atoms with Crippen LogP contribution in [0, 0.1) is 0 Å². The molecule has 5 aromatic rings. The minimum Gasteiger partial charge on any atom is -0.493 e. The Morgan fingerprint density at radius 1 is 0.860 bits per heavy atom. The smallest absolute Gasteiger partial charge is 0.256 e. The minimum atomic E-state index is -0.439. The lowest BCUT2D eigenvalue weighted by atomic mass is 10.1. The van der Waals surface area contributed by atoms with E-state index in [9.17, 15) is 9.59 Å². The summed E-state index contributed by atoms with van der Waals surface area (Å²) < 4.78 is 12.6. The number of halogens is 2. The SMILES string of the molecule is COc1ccc(-n2cc(-c3ccc(Cl)cc3)nc2NC(=O)CN(Cc2ccccc2)C(=O)c2ccccc2Cl)cc1OC. The number of benzene rings is 4. The number of nitrogens with zero attached hydrogens (tertiary/aromatic N) is 3. The Labute approximate surface area is 259 Å². The molecule has 218 valence electrons. The highest BCUT2D eigenvalue weighted by atomic mass is 35.5. The van der Waals surface area contributed by atoms with Gasteiger partial charge in [0.05, 0.1) is 36.2 Å². The molecule has 0 atom stereocenters. The topological polar surface area (TPSA) is 85.7 Å². The lowest BCUT2D eigenvalue weighted by molar-refractivity contribution is -0.117. The molecule has 0 aliphatic rings. The number of ether oxygens (including phenoxy) is 2. The van der Waals surface area contributed by atoms with Gasteiger partial charge >= 0.3 is 0 Å². The van der Waals surface area contributed by atoms with E-state index in [2.05, 4.69) is 5.32 Å². The van der Waals surface area contributed by atoms with Crippen LogP contribution in [-0.2, 0) is 11.3 Å². The molecule has 0 fully saturated rings. The largest absolute Gasteiger partial charge is 0.493 e. The van der Waals surface area contributed by atoms with Gasteiger partial charge in [0, 0.05) is 29.4 Å². The third kappa shape index (κ3) is 6.99. The van der Waals surface area contributed by atoms with E-state index in [4.69, 9.17) is 37.7 Å². The predicted octanol–water partition coefficient (Wildman–Crippen LogP) is 7.14. The maximum absolute atomic E-state index is 13.6. The second-order valence-corrected chi connectivity index (χ2v) is 10.4. The average molecular weight is 616 g/mol. The quantitative estimate of drug-likeness (QED) is 0.181. The lowest BCUT2D eigenvalue weighted by Gasteiger charge is -2.23. The van der Waals surface area contributed by atoms with Crippen molar-refractivity contribution < 1.29 is 19.1 Å². The van der Waals surface area contributed by atoms with Gasteiger partial charge in [0.2, 0.25) is 11.9 Å². The Balaban J connectivity index is 1.48. The molecule has 0 spiro atoms. The maximum Gasteiger partial charge on any atom is 0.256 e. The van der Waals surface area contributed by atoms with Gasteiger partial charge in [-0.25, -0.2) is 4.98 Å². The molecule has 1 aromatic heterocycles. The Bertz CT molecular complexity index is 1740. The zero-order valence-electron chi connectivity index (χ0n) is 23.5. The van der Waals surface area contributed by atoms with Crippen molar-refractivity contribution in [2.75, 3.05) is 26.1 Å². The molecule has 0 saturated carbocycles. The van der Waals surface area contributed by atoms with Gasteiger partial charge in [-0.15, -0.1) is 0 Å². The van der Waals surface area contributed by atoms with Crippen molar-refractivity contribution in [3.63, 3.8) is 0 Å². The predicted molar refractivity (Wildman–Crippen MR) is 168 cm³/mol. The zero-order valence-corrected chi connectivity index (χ0v) is 25.0. The summed E-state index contributed by atoms with van der Waals surface area (Å²) in [5, 5.41) is 3.81. The molecule has 43 heavy (non-hydrogen) atoms. The molecule has 0 saturated heterocycles. The van der Waals surface area contributed by atoms with Crippen LogP contribution in [0.25, 0.3) is 16.9 Å². The summed E-state index contributed by atoms with van der Waals surface area (Å²) in [4.78, 5) is 33.4. The van der Waals surface area contributed by atoms with Crippen molar-refractivity contribution in [1.82, 2.24) is 14.5 Å². The molecule has 0 aliphatic carbocycles.